The highest BCUT2D eigenvalue weighted by atomic mass is 19.1. The summed E-state index contributed by atoms with van der Waals surface area (Å²) in [5, 5.41) is 15.0. The molecular weight excluding hydrogens is 359 g/mol. The molecule has 2 amide bonds. The highest BCUT2D eigenvalue weighted by Crippen LogP contribution is 2.33. The zero-order chi connectivity index (χ0) is 19.3. The molecule has 144 valence electrons. The van der Waals surface area contributed by atoms with E-state index < -0.39 is 0 Å². The number of para-hydroxylation sites is 1. The predicted octanol–water partition coefficient (Wildman–Crippen LogP) is 3.32. The highest BCUT2D eigenvalue weighted by Gasteiger charge is 2.38. The fraction of sp³-hybridized carbons (Fsp3) is 0.333. The van der Waals surface area contributed by atoms with E-state index in [1.807, 2.05) is 23.1 Å². The molecule has 1 saturated heterocycles. The molecule has 28 heavy (non-hydrogen) atoms. The van der Waals surface area contributed by atoms with Crippen LogP contribution < -0.4 is 4.90 Å². The Labute approximate surface area is 161 Å². The van der Waals surface area contributed by atoms with E-state index in [1.165, 1.54) is 6.07 Å². The largest absolute Gasteiger partial charge is 0.393 e. The molecular formula is C21H21FN4O2. The summed E-state index contributed by atoms with van der Waals surface area (Å²) in [5.41, 5.74) is 1.92. The van der Waals surface area contributed by atoms with Crippen LogP contribution in [0.15, 0.2) is 48.7 Å². The van der Waals surface area contributed by atoms with E-state index in [4.69, 9.17) is 0 Å². The van der Waals surface area contributed by atoms with Crippen LogP contribution in [0.1, 0.15) is 19.3 Å². The van der Waals surface area contributed by atoms with Gasteiger partial charge in [-0.05, 0) is 43.5 Å². The number of urea groups is 1. The van der Waals surface area contributed by atoms with Crippen LogP contribution in [0.2, 0.25) is 0 Å². The predicted molar refractivity (Wildman–Crippen MR) is 104 cm³/mol. The van der Waals surface area contributed by atoms with Gasteiger partial charge in [-0.25, -0.2) is 13.9 Å². The monoisotopic (exact) mass is 380 g/mol. The summed E-state index contributed by atoms with van der Waals surface area (Å²) in [6.07, 6.45) is 3.62. The molecule has 1 saturated carbocycles. The molecule has 0 bridgehead atoms. The number of hydrogen-bond acceptors (Lipinski definition) is 3. The van der Waals surface area contributed by atoms with Crippen molar-refractivity contribution in [2.24, 2.45) is 0 Å². The van der Waals surface area contributed by atoms with Crippen molar-refractivity contribution >= 4 is 22.6 Å². The molecule has 3 aromatic rings. The third kappa shape index (κ3) is 2.65. The summed E-state index contributed by atoms with van der Waals surface area (Å²) in [4.78, 5) is 16.7. The molecule has 2 fully saturated rings. The molecule has 0 radical (unpaired) electrons. The number of fused-ring (bicyclic) bond motifs is 1. The number of anilines is 1. The Morgan fingerprint density at radius 3 is 2.64 bits per heavy atom. The second-order valence-electron chi connectivity index (χ2n) is 7.47. The average molecular weight is 380 g/mol. The first-order chi connectivity index (χ1) is 13.6. The van der Waals surface area contributed by atoms with Crippen LogP contribution >= 0.6 is 0 Å². The molecule has 2 aromatic carbocycles. The maximum atomic E-state index is 14.2. The molecule has 6 nitrogen and oxygen atoms in total. The number of aliphatic hydroxyl groups is 1. The van der Waals surface area contributed by atoms with Crippen LogP contribution in [0.4, 0.5) is 14.9 Å². The molecule has 1 aliphatic heterocycles. The van der Waals surface area contributed by atoms with Crippen molar-refractivity contribution in [1.29, 1.82) is 0 Å². The molecule has 2 atom stereocenters. The van der Waals surface area contributed by atoms with E-state index in [0.29, 0.717) is 25.2 Å². The number of halogens is 1. The number of amides is 2. The summed E-state index contributed by atoms with van der Waals surface area (Å²) in [6.45, 7) is 1.24. The smallest absolute Gasteiger partial charge is 0.324 e. The van der Waals surface area contributed by atoms with Crippen molar-refractivity contribution in [2.75, 3.05) is 18.0 Å². The van der Waals surface area contributed by atoms with E-state index in [9.17, 15) is 14.3 Å². The van der Waals surface area contributed by atoms with E-state index in [1.54, 1.807) is 34.0 Å². The Hall–Kier alpha value is -2.93. The van der Waals surface area contributed by atoms with Gasteiger partial charge in [-0.3, -0.25) is 4.90 Å². The van der Waals surface area contributed by atoms with Crippen LogP contribution in [0.3, 0.4) is 0 Å². The molecule has 2 heterocycles. The first-order valence-corrected chi connectivity index (χ1v) is 9.61. The number of rotatable bonds is 3. The summed E-state index contributed by atoms with van der Waals surface area (Å²) in [6, 6.07) is 12.2. The van der Waals surface area contributed by atoms with Gasteiger partial charge in [0, 0.05) is 24.5 Å². The minimum Gasteiger partial charge on any atom is -0.393 e. The molecule has 1 aliphatic carbocycles. The lowest BCUT2D eigenvalue weighted by molar-refractivity contribution is 0.164. The maximum absolute atomic E-state index is 14.2. The van der Waals surface area contributed by atoms with Gasteiger partial charge in [-0.2, -0.15) is 5.10 Å². The number of aromatic nitrogens is 2. The lowest BCUT2D eigenvalue weighted by Gasteiger charge is -2.24. The Morgan fingerprint density at radius 1 is 1.04 bits per heavy atom. The Morgan fingerprint density at radius 2 is 1.86 bits per heavy atom. The van der Waals surface area contributed by atoms with Crippen LogP contribution in [0.25, 0.3) is 16.6 Å². The van der Waals surface area contributed by atoms with Gasteiger partial charge in [0.1, 0.15) is 11.5 Å². The number of aliphatic hydroxyl groups excluding tert-OH is 1. The van der Waals surface area contributed by atoms with Crippen molar-refractivity contribution in [3.05, 3.63) is 54.5 Å². The minimum absolute atomic E-state index is 0.0368. The van der Waals surface area contributed by atoms with Gasteiger partial charge in [0.15, 0.2) is 0 Å². The Balaban J connectivity index is 1.51. The summed E-state index contributed by atoms with van der Waals surface area (Å²) in [5.74, 6) is -0.346. The van der Waals surface area contributed by atoms with Gasteiger partial charge in [-0.15, -0.1) is 0 Å². The third-order valence-electron chi connectivity index (χ3n) is 5.82. The van der Waals surface area contributed by atoms with Crippen molar-refractivity contribution in [2.45, 2.75) is 31.4 Å². The van der Waals surface area contributed by atoms with E-state index in [2.05, 4.69) is 5.10 Å². The Kier molecular flexibility index (Phi) is 4.05. The van der Waals surface area contributed by atoms with E-state index >= 15 is 0 Å². The minimum atomic E-state index is -0.346. The molecule has 1 N–H and O–H groups in total. The zero-order valence-corrected chi connectivity index (χ0v) is 15.3. The second kappa shape index (κ2) is 6.60. The maximum Gasteiger partial charge on any atom is 0.324 e. The van der Waals surface area contributed by atoms with E-state index in [-0.39, 0.29) is 24.0 Å². The van der Waals surface area contributed by atoms with Gasteiger partial charge >= 0.3 is 6.03 Å². The molecule has 2 unspecified atom stereocenters. The number of carbonyl (C=O) groups is 1. The zero-order valence-electron chi connectivity index (χ0n) is 15.3. The van der Waals surface area contributed by atoms with Crippen LogP contribution in [0.5, 0.6) is 0 Å². The van der Waals surface area contributed by atoms with Gasteiger partial charge in [0.2, 0.25) is 0 Å². The fourth-order valence-electron chi connectivity index (χ4n) is 4.42. The molecule has 0 spiro atoms. The van der Waals surface area contributed by atoms with Crippen molar-refractivity contribution in [1.82, 2.24) is 14.7 Å². The first-order valence-electron chi connectivity index (χ1n) is 9.61. The number of benzene rings is 2. The Bertz CT molecular complexity index is 1050. The summed E-state index contributed by atoms with van der Waals surface area (Å²) >= 11 is 0. The lowest BCUT2D eigenvalue weighted by atomic mass is 10.2. The third-order valence-corrected chi connectivity index (χ3v) is 5.82. The highest BCUT2D eigenvalue weighted by molar-refractivity contribution is 6.03. The lowest BCUT2D eigenvalue weighted by Crippen LogP contribution is -2.38. The van der Waals surface area contributed by atoms with Gasteiger partial charge in [0.25, 0.3) is 0 Å². The summed E-state index contributed by atoms with van der Waals surface area (Å²) in [7, 11) is 0. The van der Waals surface area contributed by atoms with Crippen LogP contribution in [-0.4, -0.2) is 51.1 Å². The molecule has 1 aromatic heterocycles. The SMILES string of the molecule is O=C1N(c2cccc3c2cnn3-c2ccccc2F)CCN1C1CCC(O)C1. The van der Waals surface area contributed by atoms with Gasteiger partial charge < -0.3 is 10.0 Å². The number of carbonyl (C=O) groups excluding carboxylic acids is 1. The topological polar surface area (TPSA) is 61.6 Å². The van der Waals surface area contributed by atoms with Gasteiger partial charge in [-0.1, -0.05) is 18.2 Å². The van der Waals surface area contributed by atoms with Crippen molar-refractivity contribution in [3.63, 3.8) is 0 Å². The molecule has 7 heteroatoms. The summed E-state index contributed by atoms with van der Waals surface area (Å²) < 4.78 is 15.8. The average Bonchev–Trinajstić information content (AvgIpc) is 3.40. The fourth-order valence-corrected chi connectivity index (χ4v) is 4.42. The van der Waals surface area contributed by atoms with E-state index in [0.717, 1.165) is 29.4 Å². The van der Waals surface area contributed by atoms with Gasteiger partial charge in [0.05, 0.1) is 23.5 Å². The van der Waals surface area contributed by atoms with Crippen LogP contribution in [-0.2, 0) is 0 Å². The molecule has 2 aliphatic rings. The quantitative estimate of drug-likeness (QED) is 0.758. The second-order valence-corrected chi connectivity index (χ2v) is 7.47. The number of nitrogens with zero attached hydrogens (tertiary/aromatic N) is 4. The van der Waals surface area contributed by atoms with Crippen molar-refractivity contribution < 1.29 is 14.3 Å². The first kappa shape index (κ1) is 17.2. The standard InChI is InChI=1S/C21H21FN4O2/c22-17-4-1-2-5-20(17)26-19-7-3-6-18(16(19)13-23-26)25-11-10-24(21(25)28)14-8-9-15(27)12-14/h1-7,13-15,27H,8-12H2. The normalized spacial score (nSPS) is 22.6. The molecule has 5 rings (SSSR count). The van der Waals surface area contributed by atoms with Crippen molar-refractivity contribution in [3.8, 4) is 5.69 Å². The number of hydrogen-bond donors (Lipinski definition) is 1. The van der Waals surface area contributed by atoms with Crippen LogP contribution in [0, 0.1) is 5.82 Å².